The molecule has 0 aliphatic rings. The quantitative estimate of drug-likeness (QED) is 0.865. The summed E-state index contributed by atoms with van der Waals surface area (Å²) in [6.07, 6.45) is 1.91. The molecule has 1 aromatic rings. The maximum absolute atomic E-state index is 11.7. The lowest BCUT2D eigenvalue weighted by Gasteiger charge is -2.22. The molecule has 0 bridgehead atoms. The molecule has 1 rings (SSSR count). The Morgan fingerprint density at radius 2 is 2.06 bits per heavy atom. The highest BCUT2D eigenvalue weighted by atomic mass is 35.5. The van der Waals surface area contributed by atoms with Crippen LogP contribution in [0.4, 0.5) is 0 Å². The van der Waals surface area contributed by atoms with Gasteiger partial charge in [-0.15, -0.1) is 0 Å². The van der Waals surface area contributed by atoms with Crippen LogP contribution in [0.2, 0.25) is 5.02 Å². The third-order valence-electron chi connectivity index (χ3n) is 2.19. The molecule has 1 unspecified atom stereocenters. The van der Waals surface area contributed by atoms with Crippen molar-refractivity contribution >= 4 is 29.3 Å². The average molecular weight is 274 g/mol. The largest absolute Gasteiger partial charge is 0.387 e. The zero-order valence-electron chi connectivity index (χ0n) is 9.87. The van der Waals surface area contributed by atoms with Crippen LogP contribution in [0.25, 0.3) is 0 Å². The third kappa shape index (κ3) is 4.98. The van der Waals surface area contributed by atoms with Crippen molar-refractivity contribution in [2.45, 2.75) is 12.5 Å². The highest BCUT2D eigenvalue weighted by molar-refractivity contribution is 7.98. The predicted molar refractivity (Wildman–Crippen MR) is 72.8 cm³/mol. The molecule has 0 radical (unpaired) electrons. The van der Waals surface area contributed by atoms with E-state index in [-0.39, 0.29) is 12.5 Å². The van der Waals surface area contributed by atoms with Gasteiger partial charge in [0.2, 0.25) is 0 Å². The zero-order valence-corrected chi connectivity index (χ0v) is 11.4. The van der Waals surface area contributed by atoms with E-state index in [1.807, 2.05) is 6.26 Å². The Labute approximate surface area is 111 Å². The van der Waals surface area contributed by atoms with E-state index in [1.165, 1.54) is 11.8 Å². The summed E-state index contributed by atoms with van der Waals surface area (Å²) >= 11 is 7.27. The number of benzene rings is 1. The molecule has 5 heteroatoms. The molecule has 3 nitrogen and oxygen atoms in total. The Hall–Kier alpha value is -0.710. The first kappa shape index (κ1) is 14.4. The fourth-order valence-corrected chi connectivity index (χ4v) is 2.19. The molecule has 0 aliphatic heterocycles. The summed E-state index contributed by atoms with van der Waals surface area (Å²) < 4.78 is 0. The number of halogens is 1. The van der Waals surface area contributed by atoms with Gasteiger partial charge in [-0.1, -0.05) is 11.6 Å². The molecule has 0 fully saturated rings. The number of nitrogens with one attached hydrogen (secondary N) is 1. The van der Waals surface area contributed by atoms with Crippen LogP contribution >= 0.6 is 23.4 Å². The van der Waals surface area contributed by atoms with E-state index >= 15 is 0 Å². The number of carbonyl (C=O) groups is 1. The maximum Gasteiger partial charge on any atom is 0.251 e. The Bertz CT molecular complexity index is 379. The molecule has 0 spiro atoms. The van der Waals surface area contributed by atoms with Crippen LogP contribution in [-0.4, -0.2) is 35.2 Å². The molecule has 17 heavy (non-hydrogen) atoms. The van der Waals surface area contributed by atoms with Gasteiger partial charge in [-0.3, -0.25) is 4.79 Å². The SMILES string of the molecule is CSCC(C)(O)CNC(=O)c1ccc(Cl)cc1. The smallest absolute Gasteiger partial charge is 0.251 e. The van der Waals surface area contributed by atoms with Gasteiger partial charge in [0.1, 0.15) is 0 Å². The Morgan fingerprint density at radius 3 is 2.59 bits per heavy atom. The minimum Gasteiger partial charge on any atom is -0.387 e. The van der Waals surface area contributed by atoms with Crippen molar-refractivity contribution in [2.24, 2.45) is 0 Å². The molecule has 0 aliphatic carbocycles. The van der Waals surface area contributed by atoms with E-state index in [4.69, 9.17) is 11.6 Å². The second-order valence-electron chi connectivity index (χ2n) is 4.12. The van der Waals surface area contributed by atoms with Gasteiger partial charge in [-0.2, -0.15) is 11.8 Å². The van der Waals surface area contributed by atoms with Gasteiger partial charge >= 0.3 is 0 Å². The lowest BCUT2D eigenvalue weighted by Crippen LogP contribution is -2.42. The van der Waals surface area contributed by atoms with Gasteiger partial charge in [-0.25, -0.2) is 0 Å². The first-order valence-electron chi connectivity index (χ1n) is 5.20. The van der Waals surface area contributed by atoms with Crippen LogP contribution in [0.5, 0.6) is 0 Å². The molecule has 1 atom stereocenters. The first-order chi connectivity index (χ1) is 7.94. The molecule has 2 N–H and O–H groups in total. The van der Waals surface area contributed by atoms with Gasteiger partial charge < -0.3 is 10.4 Å². The van der Waals surface area contributed by atoms with Crippen LogP contribution in [-0.2, 0) is 0 Å². The highest BCUT2D eigenvalue weighted by Gasteiger charge is 2.20. The summed E-state index contributed by atoms with van der Waals surface area (Å²) in [6, 6.07) is 6.63. The molecule has 0 heterocycles. The molecule has 0 aromatic heterocycles. The van der Waals surface area contributed by atoms with Crippen molar-refractivity contribution in [3.63, 3.8) is 0 Å². The van der Waals surface area contributed by atoms with Crippen molar-refractivity contribution in [1.82, 2.24) is 5.32 Å². The third-order valence-corrected chi connectivity index (χ3v) is 3.35. The van der Waals surface area contributed by atoms with E-state index in [2.05, 4.69) is 5.32 Å². The summed E-state index contributed by atoms with van der Waals surface area (Å²) in [6.45, 7) is 1.93. The predicted octanol–water partition coefficient (Wildman–Crippen LogP) is 2.18. The molecular formula is C12H16ClNO2S. The van der Waals surface area contributed by atoms with Crippen molar-refractivity contribution in [2.75, 3.05) is 18.6 Å². The second kappa shape index (κ2) is 6.28. The summed E-state index contributed by atoms with van der Waals surface area (Å²) in [5.74, 6) is 0.372. The molecule has 1 amide bonds. The summed E-state index contributed by atoms with van der Waals surface area (Å²) in [7, 11) is 0. The van der Waals surface area contributed by atoms with Crippen LogP contribution in [0, 0.1) is 0 Å². The normalized spacial score (nSPS) is 14.1. The number of hydrogen-bond acceptors (Lipinski definition) is 3. The van der Waals surface area contributed by atoms with E-state index < -0.39 is 5.60 Å². The maximum atomic E-state index is 11.7. The summed E-state index contributed by atoms with van der Waals surface area (Å²) in [5.41, 5.74) is -0.351. The fourth-order valence-electron chi connectivity index (χ4n) is 1.34. The Kier molecular flexibility index (Phi) is 5.31. The average Bonchev–Trinajstić information content (AvgIpc) is 2.27. The summed E-state index contributed by atoms with van der Waals surface area (Å²) in [4.78, 5) is 11.7. The molecule has 1 aromatic carbocycles. The van der Waals surface area contributed by atoms with Gasteiger partial charge in [0.15, 0.2) is 0 Å². The monoisotopic (exact) mass is 273 g/mol. The van der Waals surface area contributed by atoms with Crippen molar-refractivity contribution in [3.05, 3.63) is 34.9 Å². The van der Waals surface area contributed by atoms with E-state index in [0.29, 0.717) is 16.3 Å². The Morgan fingerprint density at radius 1 is 1.47 bits per heavy atom. The van der Waals surface area contributed by atoms with Gasteiger partial charge in [0, 0.05) is 22.9 Å². The number of carbonyl (C=O) groups excluding carboxylic acids is 1. The zero-order chi connectivity index (χ0) is 12.9. The van der Waals surface area contributed by atoms with E-state index in [0.717, 1.165) is 0 Å². The minimum atomic E-state index is -0.887. The number of hydrogen-bond donors (Lipinski definition) is 2. The number of amides is 1. The van der Waals surface area contributed by atoms with Crippen LogP contribution < -0.4 is 5.32 Å². The van der Waals surface area contributed by atoms with Crippen molar-refractivity contribution in [1.29, 1.82) is 0 Å². The van der Waals surface area contributed by atoms with Gasteiger partial charge in [0.05, 0.1) is 5.60 Å². The van der Waals surface area contributed by atoms with Crippen molar-refractivity contribution in [3.8, 4) is 0 Å². The minimum absolute atomic E-state index is 0.206. The Balaban J connectivity index is 2.53. The molecular weight excluding hydrogens is 258 g/mol. The van der Waals surface area contributed by atoms with Gasteiger partial charge in [0.25, 0.3) is 5.91 Å². The van der Waals surface area contributed by atoms with E-state index in [9.17, 15) is 9.90 Å². The van der Waals surface area contributed by atoms with Crippen LogP contribution in [0.3, 0.4) is 0 Å². The number of thioether (sulfide) groups is 1. The topological polar surface area (TPSA) is 49.3 Å². The second-order valence-corrected chi connectivity index (χ2v) is 5.42. The lowest BCUT2D eigenvalue weighted by molar-refractivity contribution is 0.0725. The fraction of sp³-hybridized carbons (Fsp3) is 0.417. The summed E-state index contributed by atoms with van der Waals surface area (Å²) in [5, 5.41) is 13.2. The highest BCUT2D eigenvalue weighted by Crippen LogP contribution is 2.11. The lowest BCUT2D eigenvalue weighted by atomic mass is 10.1. The molecule has 0 saturated heterocycles. The molecule has 0 saturated carbocycles. The standard InChI is InChI=1S/C12H16ClNO2S/c1-12(16,8-17-2)7-14-11(15)9-3-5-10(13)6-4-9/h3-6,16H,7-8H2,1-2H3,(H,14,15). The van der Waals surface area contributed by atoms with E-state index in [1.54, 1.807) is 31.2 Å². The first-order valence-corrected chi connectivity index (χ1v) is 6.97. The molecule has 94 valence electrons. The van der Waals surface area contributed by atoms with Crippen molar-refractivity contribution < 1.29 is 9.90 Å². The number of aliphatic hydroxyl groups is 1. The van der Waals surface area contributed by atoms with Crippen LogP contribution in [0.15, 0.2) is 24.3 Å². The van der Waals surface area contributed by atoms with Gasteiger partial charge in [-0.05, 0) is 37.4 Å². The van der Waals surface area contributed by atoms with Crippen LogP contribution in [0.1, 0.15) is 17.3 Å². The number of rotatable bonds is 5.